The fraction of sp³-hybridized carbons (Fsp3) is 0.500. The van der Waals surface area contributed by atoms with Crippen LogP contribution >= 0.6 is 0 Å². The van der Waals surface area contributed by atoms with Gasteiger partial charge in [0.15, 0.2) is 0 Å². The Kier molecular flexibility index (Phi) is 4.61. The predicted molar refractivity (Wildman–Crippen MR) is 76.6 cm³/mol. The van der Waals surface area contributed by atoms with Gasteiger partial charge in [-0.25, -0.2) is 12.8 Å². The molecule has 114 valence electrons. The Bertz CT molecular complexity index is 669. The number of nitrogens with zero attached hydrogens (tertiary/aromatic N) is 3. The van der Waals surface area contributed by atoms with Crippen molar-refractivity contribution in [3.63, 3.8) is 0 Å². The quantitative estimate of drug-likeness (QED) is 0.843. The Labute approximate surface area is 124 Å². The van der Waals surface area contributed by atoms with Gasteiger partial charge in [-0.2, -0.15) is 9.57 Å². The molecule has 0 amide bonds. The molecular weight excluding hydrogens is 293 g/mol. The van der Waals surface area contributed by atoms with E-state index in [2.05, 4.69) is 4.90 Å². The highest BCUT2D eigenvalue weighted by Gasteiger charge is 2.30. The average Bonchev–Trinajstić information content (AvgIpc) is 2.84. The number of sulfonamides is 1. The molecule has 1 saturated heterocycles. The van der Waals surface area contributed by atoms with E-state index < -0.39 is 21.4 Å². The van der Waals surface area contributed by atoms with Gasteiger partial charge in [0, 0.05) is 19.6 Å². The number of likely N-dealkylation sites (N-methyl/N-ethyl adjacent to an activating group) is 2. The molecule has 1 unspecified atom stereocenters. The maximum absolute atomic E-state index is 13.6. The standard InChI is InChI=1S/C14H18FN3O2S/c1-17-8-4-5-11(17)10-18(2)21(19,20)14-7-3-6-13(15)12(14)9-16/h3,6-7,11H,4-5,8,10H2,1-2H3. The first-order valence-corrected chi connectivity index (χ1v) is 8.17. The molecule has 21 heavy (non-hydrogen) atoms. The number of rotatable bonds is 4. The first-order chi connectivity index (χ1) is 9.87. The molecule has 1 heterocycles. The zero-order chi connectivity index (χ0) is 15.6. The molecule has 5 nitrogen and oxygen atoms in total. The van der Waals surface area contributed by atoms with Gasteiger partial charge in [-0.05, 0) is 38.6 Å². The van der Waals surface area contributed by atoms with Crippen molar-refractivity contribution in [2.45, 2.75) is 23.8 Å². The van der Waals surface area contributed by atoms with Crippen LogP contribution < -0.4 is 0 Å². The third-order valence-electron chi connectivity index (χ3n) is 3.91. The fourth-order valence-corrected chi connectivity index (χ4v) is 3.96. The van der Waals surface area contributed by atoms with Gasteiger partial charge in [0.05, 0.1) is 0 Å². The Morgan fingerprint density at radius 1 is 1.52 bits per heavy atom. The molecule has 1 aliphatic rings. The lowest BCUT2D eigenvalue weighted by atomic mass is 10.2. The Hall–Kier alpha value is -1.49. The van der Waals surface area contributed by atoms with E-state index in [4.69, 9.17) is 5.26 Å². The molecule has 0 radical (unpaired) electrons. The van der Waals surface area contributed by atoms with Gasteiger partial charge in [0.1, 0.15) is 22.3 Å². The van der Waals surface area contributed by atoms with Crippen LogP contribution in [-0.4, -0.2) is 50.8 Å². The van der Waals surface area contributed by atoms with Gasteiger partial charge in [-0.15, -0.1) is 0 Å². The van der Waals surface area contributed by atoms with E-state index in [-0.39, 0.29) is 10.9 Å². The first-order valence-electron chi connectivity index (χ1n) is 6.73. The largest absolute Gasteiger partial charge is 0.302 e. The maximum Gasteiger partial charge on any atom is 0.244 e. The SMILES string of the molecule is CN1CCCC1CN(C)S(=O)(=O)c1cccc(F)c1C#N. The Morgan fingerprint density at radius 2 is 2.24 bits per heavy atom. The third-order valence-corrected chi connectivity index (χ3v) is 5.78. The van der Waals surface area contributed by atoms with Crippen LogP contribution in [0.5, 0.6) is 0 Å². The second-order valence-corrected chi connectivity index (χ2v) is 7.30. The average molecular weight is 311 g/mol. The highest BCUT2D eigenvalue weighted by Crippen LogP contribution is 2.23. The second kappa shape index (κ2) is 6.10. The van der Waals surface area contributed by atoms with Crippen LogP contribution in [0.3, 0.4) is 0 Å². The van der Waals surface area contributed by atoms with Crippen molar-refractivity contribution in [3.8, 4) is 6.07 Å². The van der Waals surface area contributed by atoms with E-state index >= 15 is 0 Å². The Morgan fingerprint density at radius 3 is 2.81 bits per heavy atom. The molecule has 0 aliphatic carbocycles. The minimum absolute atomic E-state index is 0.156. The lowest BCUT2D eigenvalue weighted by Gasteiger charge is -2.25. The number of likely N-dealkylation sites (tertiary alicyclic amines) is 1. The molecule has 1 aromatic rings. The normalized spacial score (nSPS) is 19.9. The van der Waals surface area contributed by atoms with Crippen LogP contribution in [0.15, 0.2) is 23.1 Å². The van der Waals surface area contributed by atoms with Crippen LogP contribution in [0, 0.1) is 17.1 Å². The molecule has 0 N–H and O–H groups in total. The van der Waals surface area contributed by atoms with Crippen LogP contribution in [0.25, 0.3) is 0 Å². The van der Waals surface area contributed by atoms with Gasteiger partial charge in [0.25, 0.3) is 0 Å². The van der Waals surface area contributed by atoms with Crippen LogP contribution in [0.2, 0.25) is 0 Å². The van der Waals surface area contributed by atoms with Crippen LogP contribution in [-0.2, 0) is 10.0 Å². The summed E-state index contributed by atoms with van der Waals surface area (Å²) < 4.78 is 39.9. The lowest BCUT2D eigenvalue weighted by Crippen LogP contribution is -2.39. The number of benzene rings is 1. The topological polar surface area (TPSA) is 64.4 Å². The van der Waals surface area contributed by atoms with E-state index in [0.717, 1.165) is 25.5 Å². The molecule has 1 aliphatic heterocycles. The van der Waals surface area contributed by atoms with Crippen molar-refractivity contribution in [2.24, 2.45) is 0 Å². The molecule has 0 aromatic heterocycles. The third kappa shape index (κ3) is 3.07. The summed E-state index contributed by atoms with van der Waals surface area (Å²) in [7, 11) is -0.446. The summed E-state index contributed by atoms with van der Waals surface area (Å²) in [5.74, 6) is -0.815. The fourth-order valence-electron chi connectivity index (χ4n) is 2.60. The van der Waals surface area contributed by atoms with E-state index in [1.807, 2.05) is 7.05 Å². The van der Waals surface area contributed by atoms with Crippen molar-refractivity contribution >= 4 is 10.0 Å². The van der Waals surface area contributed by atoms with Crippen molar-refractivity contribution in [3.05, 3.63) is 29.6 Å². The summed E-state index contributed by atoms with van der Waals surface area (Å²) in [5, 5.41) is 8.99. The summed E-state index contributed by atoms with van der Waals surface area (Å²) >= 11 is 0. The summed E-state index contributed by atoms with van der Waals surface area (Å²) in [4.78, 5) is 1.84. The minimum Gasteiger partial charge on any atom is -0.302 e. The molecule has 1 atom stereocenters. The highest BCUT2D eigenvalue weighted by molar-refractivity contribution is 7.89. The number of hydrogen-bond acceptors (Lipinski definition) is 4. The van der Waals surface area contributed by atoms with Crippen LogP contribution in [0.1, 0.15) is 18.4 Å². The second-order valence-electron chi connectivity index (χ2n) is 5.29. The van der Waals surface area contributed by atoms with Gasteiger partial charge < -0.3 is 4.90 Å². The lowest BCUT2D eigenvalue weighted by molar-refractivity contribution is 0.271. The molecular formula is C14H18FN3O2S. The minimum atomic E-state index is -3.87. The number of hydrogen-bond donors (Lipinski definition) is 0. The summed E-state index contributed by atoms with van der Waals surface area (Å²) in [6, 6.07) is 5.45. The van der Waals surface area contributed by atoms with Gasteiger partial charge >= 0.3 is 0 Å². The van der Waals surface area contributed by atoms with E-state index in [0.29, 0.717) is 6.54 Å². The maximum atomic E-state index is 13.6. The molecule has 0 bridgehead atoms. The van der Waals surface area contributed by atoms with E-state index in [1.165, 1.54) is 23.5 Å². The monoisotopic (exact) mass is 311 g/mol. The van der Waals surface area contributed by atoms with Crippen molar-refractivity contribution in [2.75, 3.05) is 27.2 Å². The molecule has 1 fully saturated rings. The van der Waals surface area contributed by atoms with E-state index in [1.54, 1.807) is 6.07 Å². The number of nitriles is 1. The number of halogens is 1. The van der Waals surface area contributed by atoms with Gasteiger partial charge in [0.2, 0.25) is 10.0 Å². The summed E-state index contributed by atoms with van der Waals surface area (Å²) in [5.41, 5.74) is -0.427. The Balaban J connectivity index is 2.30. The summed E-state index contributed by atoms with van der Waals surface area (Å²) in [6.07, 6.45) is 1.98. The van der Waals surface area contributed by atoms with Crippen LogP contribution in [0.4, 0.5) is 4.39 Å². The van der Waals surface area contributed by atoms with Crippen molar-refractivity contribution in [1.82, 2.24) is 9.21 Å². The predicted octanol–water partition coefficient (Wildman–Crippen LogP) is 1.41. The molecule has 0 saturated carbocycles. The van der Waals surface area contributed by atoms with Gasteiger partial charge in [-0.3, -0.25) is 0 Å². The highest BCUT2D eigenvalue weighted by atomic mass is 32.2. The smallest absolute Gasteiger partial charge is 0.244 e. The van der Waals surface area contributed by atoms with Crippen molar-refractivity contribution < 1.29 is 12.8 Å². The molecule has 0 spiro atoms. The molecule has 7 heteroatoms. The van der Waals surface area contributed by atoms with E-state index in [9.17, 15) is 12.8 Å². The zero-order valence-corrected chi connectivity index (χ0v) is 12.9. The zero-order valence-electron chi connectivity index (χ0n) is 12.1. The van der Waals surface area contributed by atoms with Crippen molar-refractivity contribution in [1.29, 1.82) is 5.26 Å². The first kappa shape index (κ1) is 15.9. The molecule has 1 aromatic carbocycles. The molecule has 2 rings (SSSR count). The summed E-state index contributed by atoms with van der Waals surface area (Å²) in [6.45, 7) is 1.28. The van der Waals surface area contributed by atoms with Gasteiger partial charge in [-0.1, -0.05) is 6.07 Å².